The number of benzene rings is 2. The molecule has 6 nitrogen and oxygen atoms in total. The number of nitrogens with zero attached hydrogens (tertiary/aromatic N) is 1. The highest BCUT2D eigenvalue weighted by atomic mass is 127. The van der Waals surface area contributed by atoms with Gasteiger partial charge in [0.2, 0.25) is 0 Å². The van der Waals surface area contributed by atoms with Gasteiger partial charge in [0.05, 0.1) is 19.8 Å². The van der Waals surface area contributed by atoms with Gasteiger partial charge in [-0.2, -0.15) is 0 Å². The van der Waals surface area contributed by atoms with Crippen LogP contribution in [-0.4, -0.2) is 37.9 Å². The molecule has 0 aliphatic carbocycles. The summed E-state index contributed by atoms with van der Waals surface area (Å²) in [5.74, 6) is 1.74. The highest BCUT2D eigenvalue weighted by Crippen LogP contribution is 2.33. The molecule has 2 atom stereocenters. The van der Waals surface area contributed by atoms with E-state index >= 15 is 0 Å². The quantitative estimate of drug-likeness (QED) is 0.274. The first-order valence-corrected chi connectivity index (χ1v) is 10.7. The van der Waals surface area contributed by atoms with Crippen molar-refractivity contribution in [3.8, 4) is 11.5 Å². The van der Waals surface area contributed by atoms with Crippen molar-refractivity contribution >= 4 is 29.9 Å². The van der Waals surface area contributed by atoms with Crippen LogP contribution in [0.3, 0.4) is 0 Å². The van der Waals surface area contributed by atoms with E-state index in [9.17, 15) is 5.11 Å². The summed E-state index contributed by atoms with van der Waals surface area (Å²) in [4.78, 5) is 4.68. The maximum absolute atomic E-state index is 9.97. The van der Waals surface area contributed by atoms with Gasteiger partial charge < -0.3 is 25.2 Å². The van der Waals surface area contributed by atoms with Crippen molar-refractivity contribution < 1.29 is 14.6 Å². The number of methoxy groups -OCH3 is 1. The van der Waals surface area contributed by atoms with E-state index in [0.29, 0.717) is 18.2 Å². The van der Waals surface area contributed by atoms with Crippen LogP contribution in [0.4, 0.5) is 0 Å². The fraction of sp³-hybridized carbons (Fsp3) is 0.458. The maximum Gasteiger partial charge on any atom is 0.191 e. The summed E-state index contributed by atoms with van der Waals surface area (Å²) in [5, 5.41) is 16.8. The summed E-state index contributed by atoms with van der Waals surface area (Å²) in [6, 6.07) is 14.0. The predicted octanol–water partition coefficient (Wildman–Crippen LogP) is 4.55. The van der Waals surface area contributed by atoms with Crippen molar-refractivity contribution in [2.75, 3.05) is 26.8 Å². The number of nitrogens with one attached hydrogen (secondary N) is 2. The summed E-state index contributed by atoms with van der Waals surface area (Å²) in [6.45, 7) is 7.00. The number of phenols is 1. The Labute approximate surface area is 202 Å². The SMILES string of the molecule is CCNC(=NCc1ccc(OC)c(O)c1)NCC1CCCOC1c1ccc(C)cc1.I. The minimum atomic E-state index is 0. The van der Waals surface area contributed by atoms with Crippen molar-refractivity contribution in [3.63, 3.8) is 0 Å². The Hall–Kier alpha value is -2.00. The van der Waals surface area contributed by atoms with Gasteiger partial charge in [0, 0.05) is 25.6 Å². The van der Waals surface area contributed by atoms with Gasteiger partial charge in [-0.05, 0) is 49.9 Å². The number of hydrogen-bond acceptors (Lipinski definition) is 4. The van der Waals surface area contributed by atoms with Crippen LogP contribution in [0.15, 0.2) is 47.5 Å². The summed E-state index contributed by atoms with van der Waals surface area (Å²) in [7, 11) is 1.54. The Morgan fingerprint density at radius 3 is 2.65 bits per heavy atom. The molecule has 1 aliphatic rings. The number of aliphatic imine (C=N–C) groups is 1. The Bertz CT molecular complexity index is 842. The zero-order chi connectivity index (χ0) is 21.3. The van der Waals surface area contributed by atoms with E-state index in [0.717, 1.165) is 44.1 Å². The Balaban J connectivity index is 0.00000341. The van der Waals surface area contributed by atoms with Crippen LogP contribution in [0.5, 0.6) is 11.5 Å². The smallest absolute Gasteiger partial charge is 0.191 e. The van der Waals surface area contributed by atoms with Gasteiger partial charge in [-0.1, -0.05) is 35.9 Å². The van der Waals surface area contributed by atoms with Crippen LogP contribution < -0.4 is 15.4 Å². The standard InChI is InChI=1S/C24H33N3O3.HI/c1-4-25-24(26-15-18-9-12-22(29-3)21(28)14-18)27-16-20-6-5-13-30-23(20)19-10-7-17(2)8-11-19;/h7-12,14,20,23,28H,4-6,13,15-16H2,1-3H3,(H2,25,26,27);1H. The van der Waals surface area contributed by atoms with Gasteiger partial charge in [-0.3, -0.25) is 0 Å². The monoisotopic (exact) mass is 539 g/mol. The molecule has 3 N–H and O–H groups in total. The number of halogens is 1. The second-order valence-corrected chi connectivity index (χ2v) is 7.69. The van der Waals surface area contributed by atoms with E-state index in [4.69, 9.17) is 9.47 Å². The molecule has 170 valence electrons. The van der Waals surface area contributed by atoms with Crippen LogP contribution in [0, 0.1) is 12.8 Å². The lowest BCUT2D eigenvalue weighted by atomic mass is 9.89. The minimum Gasteiger partial charge on any atom is -0.504 e. The van der Waals surface area contributed by atoms with Crippen molar-refractivity contribution in [1.29, 1.82) is 0 Å². The van der Waals surface area contributed by atoms with Crippen LogP contribution in [-0.2, 0) is 11.3 Å². The molecule has 1 fully saturated rings. The van der Waals surface area contributed by atoms with E-state index in [-0.39, 0.29) is 35.8 Å². The topological polar surface area (TPSA) is 75.1 Å². The first-order chi connectivity index (χ1) is 14.6. The number of aryl methyl sites for hydroxylation is 1. The maximum atomic E-state index is 9.97. The zero-order valence-corrected chi connectivity index (χ0v) is 20.9. The van der Waals surface area contributed by atoms with E-state index in [1.165, 1.54) is 11.1 Å². The molecular formula is C24H34IN3O3. The van der Waals surface area contributed by atoms with Crippen LogP contribution >= 0.6 is 24.0 Å². The van der Waals surface area contributed by atoms with Crippen molar-refractivity contribution in [2.45, 2.75) is 39.3 Å². The van der Waals surface area contributed by atoms with Gasteiger partial charge in [0.1, 0.15) is 0 Å². The highest BCUT2D eigenvalue weighted by molar-refractivity contribution is 14.0. The van der Waals surface area contributed by atoms with Gasteiger partial charge in [-0.25, -0.2) is 4.99 Å². The van der Waals surface area contributed by atoms with E-state index in [2.05, 4.69) is 53.7 Å². The molecule has 1 saturated heterocycles. The van der Waals surface area contributed by atoms with Crippen LogP contribution in [0.1, 0.15) is 42.6 Å². The normalized spacial score (nSPS) is 18.7. The van der Waals surface area contributed by atoms with Gasteiger partial charge >= 0.3 is 0 Å². The number of rotatable bonds is 7. The van der Waals surface area contributed by atoms with E-state index in [1.807, 2.05) is 6.07 Å². The molecule has 7 heteroatoms. The largest absolute Gasteiger partial charge is 0.504 e. The number of aromatic hydroxyl groups is 1. The first-order valence-electron chi connectivity index (χ1n) is 10.7. The molecule has 0 spiro atoms. The van der Waals surface area contributed by atoms with E-state index < -0.39 is 0 Å². The molecule has 2 aromatic rings. The second kappa shape index (κ2) is 12.8. The molecule has 0 bridgehead atoms. The molecule has 31 heavy (non-hydrogen) atoms. The van der Waals surface area contributed by atoms with Crippen molar-refractivity contribution in [1.82, 2.24) is 10.6 Å². The fourth-order valence-electron chi connectivity index (χ4n) is 3.75. The lowest BCUT2D eigenvalue weighted by molar-refractivity contribution is -0.0265. The third kappa shape index (κ3) is 7.28. The summed E-state index contributed by atoms with van der Waals surface area (Å²) >= 11 is 0. The summed E-state index contributed by atoms with van der Waals surface area (Å²) in [6.07, 6.45) is 2.30. The summed E-state index contributed by atoms with van der Waals surface area (Å²) in [5.41, 5.74) is 3.42. The number of phenolic OH excluding ortho intramolecular Hbond substituents is 1. The average Bonchev–Trinajstić information content (AvgIpc) is 2.76. The molecule has 3 rings (SSSR count). The average molecular weight is 539 g/mol. The van der Waals surface area contributed by atoms with Gasteiger partial charge in [0.15, 0.2) is 17.5 Å². The lowest BCUT2D eigenvalue weighted by Crippen LogP contribution is -2.42. The molecule has 1 heterocycles. The van der Waals surface area contributed by atoms with E-state index in [1.54, 1.807) is 19.2 Å². The number of guanidine groups is 1. The Morgan fingerprint density at radius 1 is 1.19 bits per heavy atom. The lowest BCUT2D eigenvalue weighted by Gasteiger charge is -2.32. The Morgan fingerprint density at radius 2 is 1.97 bits per heavy atom. The highest BCUT2D eigenvalue weighted by Gasteiger charge is 2.27. The van der Waals surface area contributed by atoms with Gasteiger partial charge in [-0.15, -0.1) is 24.0 Å². The third-order valence-corrected chi connectivity index (χ3v) is 5.39. The molecule has 0 amide bonds. The van der Waals surface area contributed by atoms with Crippen molar-refractivity contribution in [3.05, 3.63) is 59.2 Å². The molecule has 2 aromatic carbocycles. The molecule has 1 aliphatic heterocycles. The van der Waals surface area contributed by atoms with Gasteiger partial charge in [0.25, 0.3) is 0 Å². The second-order valence-electron chi connectivity index (χ2n) is 7.69. The van der Waals surface area contributed by atoms with Crippen LogP contribution in [0.25, 0.3) is 0 Å². The zero-order valence-electron chi connectivity index (χ0n) is 18.6. The Kier molecular flexibility index (Phi) is 10.4. The fourth-order valence-corrected chi connectivity index (χ4v) is 3.75. The molecule has 0 radical (unpaired) electrons. The van der Waals surface area contributed by atoms with Crippen molar-refractivity contribution in [2.24, 2.45) is 10.9 Å². The summed E-state index contributed by atoms with van der Waals surface area (Å²) < 4.78 is 11.2. The molecule has 0 aromatic heterocycles. The molecule has 2 unspecified atom stereocenters. The molecule has 0 saturated carbocycles. The predicted molar refractivity (Wildman–Crippen MR) is 135 cm³/mol. The minimum absolute atomic E-state index is 0. The first kappa shape index (κ1) is 25.3. The molecular weight excluding hydrogens is 505 g/mol. The number of hydrogen-bond donors (Lipinski definition) is 3. The third-order valence-electron chi connectivity index (χ3n) is 5.39. The number of ether oxygens (including phenoxy) is 2. The van der Waals surface area contributed by atoms with Crippen LogP contribution in [0.2, 0.25) is 0 Å².